The molecule has 0 aliphatic heterocycles. The molecular formula is C15H27N3OS. The maximum absolute atomic E-state index is 12.1. The Labute approximate surface area is 126 Å². The second-order valence-corrected chi connectivity index (χ2v) is 7.44. The van der Waals surface area contributed by atoms with Crippen LogP contribution in [0.5, 0.6) is 0 Å². The van der Waals surface area contributed by atoms with E-state index in [1.165, 1.54) is 11.3 Å². The van der Waals surface area contributed by atoms with Crippen molar-refractivity contribution in [3.63, 3.8) is 0 Å². The first-order chi connectivity index (χ1) is 9.20. The number of carbonyl (C=O) groups excluding carboxylic acids is 1. The number of rotatable bonds is 6. The highest BCUT2D eigenvalue weighted by Gasteiger charge is 2.19. The molecular weight excluding hydrogens is 270 g/mol. The Kier molecular flexibility index (Phi) is 6.14. The van der Waals surface area contributed by atoms with Crippen LogP contribution in [0, 0.1) is 5.92 Å². The first-order valence-electron chi connectivity index (χ1n) is 7.22. The lowest BCUT2D eigenvalue weighted by Gasteiger charge is -2.14. The summed E-state index contributed by atoms with van der Waals surface area (Å²) in [6.07, 6.45) is 2.81. The number of anilines is 1. The second kappa shape index (κ2) is 7.18. The largest absolute Gasteiger partial charge is 0.328 e. The zero-order valence-electron chi connectivity index (χ0n) is 13.2. The molecule has 4 nitrogen and oxygen atoms in total. The number of hydrogen-bond donors (Lipinski definition) is 2. The van der Waals surface area contributed by atoms with Crippen molar-refractivity contribution in [2.75, 3.05) is 5.32 Å². The summed E-state index contributed by atoms with van der Waals surface area (Å²) in [5, 5.41) is 5.61. The van der Waals surface area contributed by atoms with Gasteiger partial charge in [0, 0.05) is 22.8 Å². The summed E-state index contributed by atoms with van der Waals surface area (Å²) in [5.74, 6) is 0.0419. The third-order valence-electron chi connectivity index (χ3n) is 3.25. The van der Waals surface area contributed by atoms with E-state index in [9.17, 15) is 4.79 Å². The number of amides is 1. The highest BCUT2D eigenvalue weighted by Crippen LogP contribution is 2.26. The lowest BCUT2D eigenvalue weighted by Crippen LogP contribution is -2.21. The topological polar surface area (TPSA) is 68.0 Å². The van der Waals surface area contributed by atoms with Crippen LogP contribution in [0.15, 0.2) is 5.38 Å². The Balaban J connectivity index is 2.47. The summed E-state index contributed by atoms with van der Waals surface area (Å²) >= 11 is 1.49. The van der Waals surface area contributed by atoms with E-state index in [0.717, 1.165) is 25.0 Å². The van der Waals surface area contributed by atoms with E-state index >= 15 is 0 Å². The number of nitrogens with two attached hydrogens (primary N) is 1. The Morgan fingerprint density at radius 2 is 2.05 bits per heavy atom. The van der Waals surface area contributed by atoms with Gasteiger partial charge in [-0.2, -0.15) is 0 Å². The predicted octanol–water partition coefficient (Wildman–Crippen LogP) is 3.53. The highest BCUT2D eigenvalue weighted by atomic mass is 32.1. The normalized spacial score (nSPS) is 14.9. The van der Waals surface area contributed by atoms with Crippen LogP contribution in [0.2, 0.25) is 0 Å². The fourth-order valence-electron chi connectivity index (χ4n) is 1.78. The summed E-state index contributed by atoms with van der Waals surface area (Å²) in [4.78, 5) is 16.6. The first kappa shape index (κ1) is 17.1. The second-order valence-electron chi connectivity index (χ2n) is 6.59. The lowest BCUT2D eigenvalue weighted by molar-refractivity contribution is -0.119. The predicted molar refractivity (Wildman–Crippen MR) is 86.1 cm³/mol. The standard InChI is InChI=1S/C15H27N3OS/c1-10(7-6-8-11(2)16)13(19)18-14-17-12(9-20-14)15(3,4)5/h9-11H,6-8,16H2,1-5H3,(H,17,18,19). The Morgan fingerprint density at radius 3 is 2.55 bits per heavy atom. The molecule has 2 atom stereocenters. The number of nitrogens with zero attached hydrogens (tertiary/aromatic N) is 1. The molecule has 0 saturated carbocycles. The van der Waals surface area contributed by atoms with Crippen molar-refractivity contribution in [2.24, 2.45) is 11.7 Å². The first-order valence-corrected chi connectivity index (χ1v) is 8.10. The van der Waals surface area contributed by atoms with Gasteiger partial charge in [-0.1, -0.05) is 34.1 Å². The maximum atomic E-state index is 12.1. The van der Waals surface area contributed by atoms with Gasteiger partial charge in [0.1, 0.15) is 0 Å². The van der Waals surface area contributed by atoms with Gasteiger partial charge in [-0.25, -0.2) is 4.98 Å². The fraction of sp³-hybridized carbons (Fsp3) is 0.733. The van der Waals surface area contributed by atoms with Crippen LogP contribution in [0.1, 0.15) is 59.6 Å². The Morgan fingerprint density at radius 1 is 1.40 bits per heavy atom. The summed E-state index contributed by atoms with van der Waals surface area (Å²) in [5.41, 5.74) is 6.75. The summed E-state index contributed by atoms with van der Waals surface area (Å²) in [6, 6.07) is 0.207. The van der Waals surface area contributed by atoms with Gasteiger partial charge in [-0.05, 0) is 19.8 Å². The van der Waals surface area contributed by atoms with Crippen molar-refractivity contribution >= 4 is 22.4 Å². The zero-order valence-corrected chi connectivity index (χ0v) is 14.0. The van der Waals surface area contributed by atoms with Crippen molar-refractivity contribution in [3.05, 3.63) is 11.1 Å². The van der Waals surface area contributed by atoms with Crippen molar-refractivity contribution in [3.8, 4) is 0 Å². The molecule has 114 valence electrons. The van der Waals surface area contributed by atoms with Crippen LogP contribution >= 0.6 is 11.3 Å². The van der Waals surface area contributed by atoms with Gasteiger partial charge in [0.15, 0.2) is 5.13 Å². The average molecular weight is 297 g/mol. The minimum absolute atomic E-state index is 0.00395. The molecule has 0 aliphatic rings. The number of thiazole rings is 1. The van der Waals surface area contributed by atoms with Crippen molar-refractivity contribution in [1.29, 1.82) is 0 Å². The van der Waals surface area contributed by atoms with Crippen LogP contribution in [0.3, 0.4) is 0 Å². The molecule has 3 N–H and O–H groups in total. The van der Waals surface area contributed by atoms with E-state index in [1.54, 1.807) is 0 Å². The van der Waals surface area contributed by atoms with Gasteiger partial charge < -0.3 is 11.1 Å². The third-order valence-corrected chi connectivity index (χ3v) is 4.00. The van der Waals surface area contributed by atoms with E-state index in [1.807, 2.05) is 19.2 Å². The van der Waals surface area contributed by atoms with Gasteiger partial charge in [-0.3, -0.25) is 4.79 Å². The molecule has 0 bridgehead atoms. The summed E-state index contributed by atoms with van der Waals surface area (Å²) < 4.78 is 0. The van der Waals surface area contributed by atoms with Gasteiger partial charge in [0.2, 0.25) is 5.91 Å². The number of nitrogens with one attached hydrogen (secondary N) is 1. The number of carbonyl (C=O) groups is 1. The fourth-order valence-corrected chi connectivity index (χ4v) is 2.72. The van der Waals surface area contributed by atoms with Crippen molar-refractivity contribution in [2.45, 2.75) is 65.3 Å². The van der Waals surface area contributed by atoms with Crippen LogP contribution in [-0.4, -0.2) is 16.9 Å². The van der Waals surface area contributed by atoms with E-state index < -0.39 is 0 Å². The van der Waals surface area contributed by atoms with Crippen LogP contribution in [0.4, 0.5) is 5.13 Å². The van der Waals surface area contributed by atoms with Crippen molar-refractivity contribution < 1.29 is 4.79 Å². The molecule has 0 aliphatic carbocycles. The number of hydrogen-bond acceptors (Lipinski definition) is 4. The van der Waals surface area contributed by atoms with E-state index in [2.05, 4.69) is 31.1 Å². The van der Waals surface area contributed by atoms with Crippen LogP contribution < -0.4 is 11.1 Å². The summed E-state index contributed by atoms with van der Waals surface area (Å²) in [6.45, 7) is 10.3. The van der Waals surface area contributed by atoms with Gasteiger partial charge >= 0.3 is 0 Å². The quantitative estimate of drug-likeness (QED) is 0.844. The molecule has 0 fully saturated rings. The van der Waals surface area contributed by atoms with Crippen molar-refractivity contribution in [1.82, 2.24) is 4.98 Å². The molecule has 1 heterocycles. The lowest BCUT2D eigenvalue weighted by atomic mass is 9.93. The van der Waals surface area contributed by atoms with E-state index in [4.69, 9.17) is 5.73 Å². The highest BCUT2D eigenvalue weighted by molar-refractivity contribution is 7.13. The van der Waals surface area contributed by atoms with Gasteiger partial charge in [-0.15, -0.1) is 11.3 Å². The molecule has 0 spiro atoms. The molecule has 1 amide bonds. The van der Waals surface area contributed by atoms with E-state index in [-0.39, 0.29) is 23.3 Å². The Bertz CT molecular complexity index is 435. The summed E-state index contributed by atoms with van der Waals surface area (Å²) in [7, 11) is 0. The zero-order chi connectivity index (χ0) is 15.3. The number of aromatic nitrogens is 1. The van der Waals surface area contributed by atoms with E-state index in [0.29, 0.717) is 5.13 Å². The molecule has 1 aromatic heterocycles. The molecule has 0 radical (unpaired) electrons. The minimum Gasteiger partial charge on any atom is -0.328 e. The SMILES string of the molecule is CC(N)CCCC(C)C(=O)Nc1nc(C(C)(C)C)cs1. The smallest absolute Gasteiger partial charge is 0.228 e. The molecule has 1 aromatic rings. The molecule has 5 heteroatoms. The average Bonchev–Trinajstić information content (AvgIpc) is 2.76. The minimum atomic E-state index is -0.00395. The molecule has 20 heavy (non-hydrogen) atoms. The van der Waals surface area contributed by atoms with Crippen LogP contribution in [0.25, 0.3) is 0 Å². The van der Waals surface area contributed by atoms with Crippen LogP contribution in [-0.2, 0) is 10.2 Å². The molecule has 2 unspecified atom stereocenters. The molecule has 0 aromatic carbocycles. The third kappa shape index (κ3) is 5.59. The monoisotopic (exact) mass is 297 g/mol. The molecule has 1 rings (SSSR count). The Hall–Kier alpha value is -0.940. The van der Waals surface area contributed by atoms with Gasteiger partial charge in [0.05, 0.1) is 5.69 Å². The van der Waals surface area contributed by atoms with Gasteiger partial charge in [0.25, 0.3) is 0 Å². The maximum Gasteiger partial charge on any atom is 0.228 e. The molecule has 0 saturated heterocycles.